The summed E-state index contributed by atoms with van der Waals surface area (Å²) in [4.78, 5) is 42.3. The van der Waals surface area contributed by atoms with Crippen molar-refractivity contribution >= 4 is 27.5 Å². The van der Waals surface area contributed by atoms with E-state index in [1.165, 1.54) is 17.3 Å². The number of carbonyl (C=O) groups is 1. The van der Waals surface area contributed by atoms with Gasteiger partial charge in [0.25, 0.3) is 5.56 Å². The van der Waals surface area contributed by atoms with E-state index in [4.69, 9.17) is 4.74 Å². The number of hydrogen-bond donors (Lipinski definition) is 1. The highest BCUT2D eigenvalue weighted by atomic mass is 32.1. The van der Waals surface area contributed by atoms with Crippen LogP contribution in [0.1, 0.15) is 58.8 Å². The maximum absolute atomic E-state index is 12.7. The molecule has 0 aliphatic heterocycles. The molecule has 3 heterocycles. The molecule has 0 radical (unpaired) electrons. The molecule has 7 nitrogen and oxygen atoms in total. The average Bonchev–Trinajstić information content (AvgIpc) is 2.99. The Hall–Kier alpha value is -2.61. The number of esters is 1. The number of ether oxygens (including phenoxy) is 1. The van der Waals surface area contributed by atoms with Crippen LogP contribution in [0.5, 0.6) is 0 Å². The van der Waals surface area contributed by atoms with Gasteiger partial charge in [-0.3, -0.25) is 9.78 Å². The molecule has 3 aromatic rings. The molecular weight excluding hydrogens is 364 g/mol. The zero-order chi connectivity index (χ0) is 19.1. The summed E-state index contributed by atoms with van der Waals surface area (Å²) in [7, 11) is 0. The topological polar surface area (TPSA) is 97.8 Å². The fourth-order valence-corrected chi connectivity index (χ4v) is 4.72. The summed E-state index contributed by atoms with van der Waals surface area (Å²) >= 11 is 1.57. The largest absolute Gasteiger partial charge is 0.450 e. The summed E-state index contributed by atoms with van der Waals surface area (Å²) in [6, 6.07) is 0. The first-order chi connectivity index (χ1) is 12.9. The van der Waals surface area contributed by atoms with Crippen LogP contribution in [0.25, 0.3) is 10.2 Å². The van der Waals surface area contributed by atoms with E-state index in [2.05, 4.69) is 26.9 Å². The molecule has 2 atom stereocenters. The Labute approximate surface area is 159 Å². The van der Waals surface area contributed by atoms with Crippen molar-refractivity contribution in [1.29, 1.82) is 0 Å². The van der Waals surface area contributed by atoms with Crippen LogP contribution >= 0.6 is 11.3 Å². The second kappa shape index (κ2) is 6.84. The van der Waals surface area contributed by atoms with Crippen molar-refractivity contribution in [3.63, 3.8) is 0 Å². The number of aryl methyl sites for hydroxylation is 2. The molecule has 8 heteroatoms. The van der Waals surface area contributed by atoms with Gasteiger partial charge in [0.15, 0.2) is 17.6 Å². The molecule has 0 aromatic carbocycles. The molecular formula is C19H20N4O3S. The van der Waals surface area contributed by atoms with Crippen LogP contribution in [-0.4, -0.2) is 25.9 Å². The zero-order valence-electron chi connectivity index (χ0n) is 15.4. The summed E-state index contributed by atoms with van der Waals surface area (Å²) in [5.74, 6) is 0.365. The smallest absolute Gasteiger partial charge is 0.359 e. The average molecular weight is 384 g/mol. The van der Waals surface area contributed by atoms with Crippen LogP contribution in [0, 0.1) is 12.8 Å². The minimum atomic E-state index is -0.698. The minimum Gasteiger partial charge on any atom is -0.450 e. The van der Waals surface area contributed by atoms with Crippen LogP contribution in [0.2, 0.25) is 0 Å². The van der Waals surface area contributed by atoms with Gasteiger partial charge in [0, 0.05) is 11.1 Å². The van der Waals surface area contributed by atoms with Crippen LogP contribution in [0.4, 0.5) is 0 Å². The van der Waals surface area contributed by atoms with E-state index in [0.717, 1.165) is 24.8 Å². The van der Waals surface area contributed by atoms with Crippen molar-refractivity contribution in [1.82, 2.24) is 19.9 Å². The second-order valence-electron chi connectivity index (χ2n) is 7.07. The van der Waals surface area contributed by atoms with Gasteiger partial charge in [0.1, 0.15) is 4.83 Å². The number of aromatic amines is 1. The Morgan fingerprint density at radius 3 is 2.93 bits per heavy atom. The molecule has 0 fully saturated rings. The summed E-state index contributed by atoms with van der Waals surface area (Å²) in [5.41, 5.74) is 1.80. The van der Waals surface area contributed by atoms with Gasteiger partial charge in [-0.15, -0.1) is 11.3 Å². The van der Waals surface area contributed by atoms with Gasteiger partial charge in [0.2, 0.25) is 0 Å². The number of aromatic nitrogens is 4. The highest BCUT2D eigenvalue weighted by molar-refractivity contribution is 7.18. The van der Waals surface area contributed by atoms with Crippen molar-refractivity contribution < 1.29 is 9.53 Å². The first-order valence-corrected chi connectivity index (χ1v) is 9.78. The molecule has 0 saturated carbocycles. The quantitative estimate of drug-likeness (QED) is 0.697. The van der Waals surface area contributed by atoms with Gasteiger partial charge < -0.3 is 9.72 Å². The molecule has 27 heavy (non-hydrogen) atoms. The van der Waals surface area contributed by atoms with Crippen molar-refractivity contribution in [2.45, 2.75) is 46.1 Å². The lowest BCUT2D eigenvalue weighted by molar-refractivity contribution is 0.0312. The molecule has 1 aliphatic rings. The number of fused-ring (bicyclic) bond motifs is 3. The lowest BCUT2D eigenvalue weighted by Gasteiger charge is -2.17. The van der Waals surface area contributed by atoms with Gasteiger partial charge in [-0.05, 0) is 44.6 Å². The molecule has 4 rings (SSSR count). The number of rotatable bonds is 3. The molecule has 0 spiro atoms. The Morgan fingerprint density at radius 1 is 1.37 bits per heavy atom. The Morgan fingerprint density at radius 2 is 2.19 bits per heavy atom. The van der Waals surface area contributed by atoms with E-state index in [1.807, 2.05) is 0 Å². The number of thiophene rings is 1. The number of hydrogen-bond acceptors (Lipinski definition) is 7. The maximum Gasteiger partial charge on any atom is 0.359 e. The van der Waals surface area contributed by atoms with Crippen LogP contribution in [-0.2, 0) is 17.6 Å². The number of nitrogens with one attached hydrogen (secondary N) is 1. The summed E-state index contributed by atoms with van der Waals surface area (Å²) in [5, 5.41) is 0.688. The van der Waals surface area contributed by atoms with E-state index >= 15 is 0 Å². The predicted octanol–water partition coefficient (Wildman–Crippen LogP) is 3.13. The Kier molecular flexibility index (Phi) is 4.51. The molecule has 0 unspecified atom stereocenters. The number of H-pyrrole nitrogens is 1. The first kappa shape index (κ1) is 17.8. The van der Waals surface area contributed by atoms with Gasteiger partial charge in [-0.25, -0.2) is 14.8 Å². The number of carbonyl (C=O) groups excluding carboxylic acids is 1. The van der Waals surface area contributed by atoms with Gasteiger partial charge in [-0.2, -0.15) is 0 Å². The monoisotopic (exact) mass is 384 g/mol. The lowest BCUT2D eigenvalue weighted by Crippen LogP contribution is -2.18. The summed E-state index contributed by atoms with van der Waals surface area (Å²) in [6.07, 6.45) is 5.17. The summed E-state index contributed by atoms with van der Waals surface area (Å²) in [6.45, 7) is 5.70. The van der Waals surface area contributed by atoms with Crippen LogP contribution < -0.4 is 5.56 Å². The van der Waals surface area contributed by atoms with E-state index in [-0.39, 0.29) is 11.3 Å². The van der Waals surface area contributed by atoms with Gasteiger partial charge in [0.05, 0.1) is 17.3 Å². The SMILES string of the molecule is Cc1cnc(C(=O)O[C@@H](C)c2nc3sc4c(c3c(=O)[nH]2)CC[C@@H](C)C4)cn1. The van der Waals surface area contributed by atoms with Crippen molar-refractivity contribution in [2.75, 3.05) is 0 Å². The molecule has 0 saturated heterocycles. The normalized spacial score (nSPS) is 17.5. The van der Waals surface area contributed by atoms with Crippen molar-refractivity contribution in [3.05, 3.63) is 50.4 Å². The molecule has 1 aliphatic carbocycles. The fraction of sp³-hybridized carbons (Fsp3) is 0.421. The van der Waals surface area contributed by atoms with E-state index in [0.29, 0.717) is 27.7 Å². The molecule has 0 amide bonds. The standard InChI is InChI=1S/C19H20N4O3S/c1-9-4-5-12-14(6-9)27-18-15(12)17(24)22-16(23-18)11(3)26-19(25)13-8-20-10(2)7-21-13/h7-9,11H,4-6H2,1-3H3,(H,22,23,24)/t9-,11+/m1/s1. The molecule has 1 N–H and O–H groups in total. The fourth-order valence-electron chi connectivity index (χ4n) is 3.33. The molecule has 0 bridgehead atoms. The predicted molar refractivity (Wildman–Crippen MR) is 102 cm³/mol. The van der Waals surface area contributed by atoms with E-state index in [1.54, 1.807) is 25.2 Å². The second-order valence-corrected chi connectivity index (χ2v) is 8.16. The third-order valence-corrected chi connectivity index (χ3v) is 5.99. The lowest BCUT2D eigenvalue weighted by atomic mass is 9.89. The molecule has 3 aromatic heterocycles. The van der Waals surface area contributed by atoms with Crippen LogP contribution in [0.3, 0.4) is 0 Å². The van der Waals surface area contributed by atoms with Gasteiger partial charge in [-0.1, -0.05) is 6.92 Å². The molecule has 140 valence electrons. The highest BCUT2D eigenvalue weighted by Crippen LogP contribution is 2.35. The Balaban J connectivity index is 1.62. The third-order valence-electron chi connectivity index (χ3n) is 4.84. The van der Waals surface area contributed by atoms with Gasteiger partial charge >= 0.3 is 5.97 Å². The summed E-state index contributed by atoms with van der Waals surface area (Å²) < 4.78 is 5.42. The zero-order valence-corrected chi connectivity index (χ0v) is 16.2. The van der Waals surface area contributed by atoms with Crippen molar-refractivity contribution in [3.8, 4) is 0 Å². The maximum atomic E-state index is 12.7. The van der Waals surface area contributed by atoms with Crippen LogP contribution in [0.15, 0.2) is 17.2 Å². The minimum absolute atomic E-state index is 0.122. The third kappa shape index (κ3) is 3.37. The van der Waals surface area contributed by atoms with Crippen molar-refractivity contribution in [2.24, 2.45) is 5.92 Å². The Bertz CT molecular complexity index is 1070. The van der Waals surface area contributed by atoms with E-state index < -0.39 is 12.1 Å². The highest BCUT2D eigenvalue weighted by Gasteiger charge is 2.24. The first-order valence-electron chi connectivity index (χ1n) is 8.96. The van der Waals surface area contributed by atoms with E-state index in [9.17, 15) is 9.59 Å². The number of nitrogens with zero attached hydrogens (tertiary/aromatic N) is 3.